The lowest BCUT2D eigenvalue weighted by molar-refractivity contribution is -0.138. The van der Waals surface area contributed by atoms with Gasteiger partial charge in [-0.2, -0.15) is 0 Å². The van der Waals surface area contributed by atoms with Gasteiger partial charge in [-0.3, -0.25) is 4.79 Å². The minimum atomic E-state index is -0.267. The third-order valence-corrected chi connectivity index (χ3v) is 3.82. The Hall–Kier alpha value is -1.69. The summed E-state index contributed by atoms with van der Waals surface area (Å²) in [5.41, 5.74) is 2.08. The van der Waals surface area contributed by atoms with Crippen molar-refractivity contribution in [1.82, 2.24) is 9.97 Å². The zero-order valence-electron chi connectivity index (χ0n) is 10.6. The molecule has 0 saturated carbocycles. The van der Waals surface area contributed by atoms with Crippen LogP contribution in [0.1, 0.15) is 12.5 Å². The van der Waals surface area contributed by atoms with Gasteiger partial charge >= 0.3 is 5.97 Å². The second-order valence-electron chi connectivity index (χ2n) is 3.88. The first kappa shape index (κ1) is 12.8. The van der Waals surface area contributed by atoms with Crippen molar-refractivity contribution in [3.05, 3.63) is 17.3 Å². The average Bonchev–Trinajstić information content (AvgIpc) is 2.78. The van der Waals surface area contributed by atoms with Gasteiger partial charge in [0, 0.05) is 6.54 Å². The van der Waals surface area contributed by atoms with Crippen LogP contribution in [0.5, 0.6) is 0 Å². The molecule has 5 nitrogen and oxygen atoms in total. The van der Waals surface area contributed by atoms with E-state index in [9.17, 15) is 4.79 Å². The maximum Gasteiger partial charge on any atom is 0.325 e. The molecule has 2 aromatic rings. The van der Waals surface area contributed by atoms with E-state index in [1.165, 1.54) is 13.4 Å². The number of carbonyl (C=O) groups is 1. The van der Waals surface area contributed by atoms with Crippen LogP contribution in [0.2, 0.25) is 0 Å². The number of aryl methyl sites for hydroxylation is 1. The molecule has 0 aliphatic heterocycles. The SMILES string of the molecule is CCN(CC(=O)OC)c1ncnc2c(C)csc12. The minimum absolute atomic E-state index is 0.204. The Bertz CT molecular complexity index is 567. The highest BCUT2D eigenvalue weighted by Gasteiger charge is 2.16. The first-order valence-corrected chi connectivity index (χ1v) is 6.55. The molecular weight excluding hydrogens is 250 g/mol. The molecule has 0 bridgehead atoms. The molecule has 18 heavy (non-hydrogen) atoms. The summed E-state index contributed by atoms with van der Waals surface area (Å²) in [5, 5.41) is 2.05. The molecule has 0 amide bonds. The van der Waals surface area contributed by atoms with Gasteiger partial charge in [0.05, 0.1) is 17.3 Å². The fraction of sp³-hybridized carbons (Fsp3) is 0.417. The number of ether oxygens (including phenoxy) is 1. The van der Waals surface area contributed by atoms with Crippen LogP contribution in [0.3, 0.4) is 0 Å². The quantitative estimate of drug-likeness (QED) is 0.791. The molecule has 0 radical (unpaired) electrons. The molecule has 0 saturated heterocycles. The molecule has 2 heterocycles. The molecule has 0 aromatic carbocycles. The highest BCUT2D eigenvalue weighted by atomic mass is 32.1. The van der Waals surface area contributed by atoms with E-state index in [1.54, 1.807) is 11.3 Å². The molecule has 2 rings (SSSR count). The molecule has 96 valence electrons. The molecule has 0 spiro atoms. The Morgan fingerprint density at radius 3 is 2.94 bits per heavy atom. The van der Waals surface area contributed by atoms with Crippen LogP contribution >= 0.6 is 11.3 Å². The van der Waals surface area contributed by atoms with E-state index in [-0.39, 0.29) is 12.5 Å². The van der Waals surface area contributed by atoms with Crippen molar-refractivity contribution in [2.45, 2.75) is 13.8 Å². The van der Waals surface area contributed by atoms with Gasteiger partial charge in [-0.1, -0.05) is 0 Å². The maximum absolute atomic E-state index is 11.4. The lowest BCUT2D eigenvalue weighted by atomic mass is 10.3. The normalized spacial score (nSPS) is 10.6. The zero-order chi connectivity index (χ0) is 13.1. The molecule has 0 aliphatic carbocycles. The highest BCUT2D eigenvalue weighted by Crippen LogP contribution is 2.30. The van der Waals surface area contributed by atoms with Crippen LogP contribution in [-0.4, -0.2) is 36.1 Å². The number of anilines is 1. The van der Waals surface area contributed by atoms with E-state index >= 15 is 0 Å². The number of carbonyl (C=O) groups excluding carboxylic acids is 1. The van der Waals surface area contributed by atoms with Crippen LogP contribution < -0.4 is 4.90 Å². The average molecular weight is 265 g/mol. The Kier molecular flexibility index (Phi) is 3.76. The first-order chi connectivity index (χ1) is 8.67. The van der Waals surface area contributed by atoms with Crippen molar-refractivity contribution in [2.24, 2.45) is 0 Å². The third-order valence-electron chi connectivity index (χ3n) is 2.74. The molecule has 0 aliphatic rings. The van der Waals surface area contributed by atoms with Gasteiger partial charge in [-0.25, -0.2) is 9.97 Å². The Morgan fingerprint density at radius 1 is 1.50 bits per heavy atom. The first-order valence-electron chi connectivity index (χ1n) is 5.68. The fourth-order valence-electron chi connectivity index (χ4n) is 1.74. The van der Waals surface area contributed by atoms with Crippen LogP contribution in [0.25, 0.3) is 10.2 Å². The Labute approximate surface area is 109 Å². The lowest BCUT2D eigenvalue weighted by Gasteiger charge is -2.20. The summed E-state index contributed by atoms with van der Waals surface area (Å²) >= 11 is 1.60. The van der Waals surface area contributed by atoms with E-state index in [1.807, 2.05) is 18.7 Å². The smallest absolute Gasteiger partial charge is 0.325 e. The van der Waals surface area contributed by atoms with Crippen molar-refractivity contribution < 1.29 is 9.53 Å². The maximum atomic E-state index is 11.4. The van der Waals surface area contributed by atoms with Gasteiger partial charge < -0.3 is 9.64 Å². The second kappa shape index (κ2) is 5.30. The van der Waals surface area contributed by atoms with E-state index in [0.717, 1.165) is 21.6 Å². The number of nitrogens with zero attached hydrogens (tertiary/aromatic N) is 3. The van der Waals surface area contributed by atoms with Gasteiger partial charge in [0.1, 0.15) is 12.9 Å². The molecular formula is C12H15N3O2S. The monoisotopic (exact) mass is 265 g/mol. The number of thiophene rings is 1. The number of hydrogen-bond acceptors (Lipinski definition) is 6. The fourth-order valence-corrected chi connectivity index (χ4v) is 2.76. The number of aromatic nitrogens is 2. The zero-order valence-corrected chi connectivity index (χ0v) is 11.5. The number of esters is 1. The third kappa shape index (κ3) is 2.28. The Morgan fingerprint density at radius 2 is 2.28 bits per heavy atom. The summed E-state index contributed by atoms with van der Waals surface area (Å²) < 4.78 is 5.72. The number of rotatable bonds is 4. The second-order valence-corrected chi connectivity index (χ2v) is 4.76. The Balaban J connectivity index is 2.41. The van der Waals surface area contributed by atoms with Gasteiger partial charge in [-0.15, -0.1) is 11.3 Å². The summed E-state index contributed by atoms with van der Waals surface area (Å²) in [5.74, 6) is 0.530. The van der Waals surface area contributed by atoms with Crippen LogP contribution in [0.4, 0.5) is 5.82 Å². The standard InChI is InChI=1S/C12H15N3O2S/c1-4-15(5-9(16)17-3)12-11-10(13-7-14-12)8(2)6-18-11/h6-7H,4-5H2,1-3H3. The molecule has 2 aromatic heterocycles. The highest BCUT2D eigenvalue weighted by molar-refractivity contribution is 7.18. The van der Waals surface area contributed by atoms with Crippen molar-refractivity contribution in [2.75, 3.05) is 25.1 Å². The molecule has 0 atom stereocenters. The van der Waals surface area contributed by atoms with E-state index in [2.05, 4.69) is 15.3 Å². The summed E-state index contributed by atoms with van der Waals surface area (Å²) in [7, 11) is 1.39. The van der Waals surface area contributed by atoms with Gasteiger partial charge in [0.2, 0.25) is 0 Å². The van der Waals surface area contributed by atoms with Crippen molar-refractivity contribution in [1.29, 1.82) is 0 Å². The van der Waals surface area contributed by atoms with Gasteiger partial charge in [0.15, 0.2) is 5.82 Å². The lowest BCUT2D eigenvalue weighted by Crippen LogP contribution is -2.31. The van der Waals surface area contributed by atoms with Crippen LogP contribution in [0, 0.1) is 6.92 Å². The van der Waals surface area contributed by atoms with Crippen molar-refractivity contribution >= 4 is 33.3 Å². The number of methoxy groups -OCH3 is 1. The summed E-state index contributed by atoms with van der Waals surface area (Å²) in [6.07, 6.45) is 1.54. The van der Waals surface area contributed by atoms with Gasteiger partial charge in [0.25, 0.3) is 0 Å². The summed E-state index contributed by atoms with van der Waals surface area (Å²) in [4.78, 5) is 21.9. The molecule has 6 heteroatoms. The minimum Gasteiger partial charge on any atom is -0.468 e. The van der Waals surface area contributed by atoms with Crippen molar-refractivity contribution in [3.8, 4) is 0 Å². The number of likely N-dealkylation sites (N-methyl/N-ethyl adjacent to an activating group) is 1. The summed E-state index contributed by atoms with van der Waals surface area (Å²) in [6, 6.07) is 0. The molecule has 0 fully saturated rings. The topological polar surface area (TPSA) is 55.3 Å². The van der Waals surface area contributed by atoms with Crippen LogP contribution in [-0.2, 0) is 9.53 Å². The van der Waals surface area contributed by atoms with E-state index in [0.29, 0.717) is 6.54 Å². The van der Waals surface area contributed by atoms with E-state index < -0.39 is 0 Å². The van der Waals surface area contributed by atoms with Crippen LogP contribution in [0.15, 0.2) is 11.7 Å². The summed E-state index contributed by atoms with van der Waals surface area (Å²) in [6.45, 7) is 4.90. The number of hydrogen-bond donors (Lipinski definition) is 0. The molecule has 0 unspecified atom stereocenters. The van der Waals surface area contributed by atoms with Gasteiger partial charge in [-0.05, 0) is 24.8 Å². The number of fused-ring (bicyclic) bond motifs is 1. The largest absolute Gasteiger partial charge is 0.468 e. The predicted octanol–water partition coefficient (Wildman–Crippen LogP) is 2.00. The van der Waals surface area contributed by atoms with E-state index in [4.69, 9.17) is 4.74 Å². The predicted molar refractivity (Wildman–Crippen MR) is 72.1 cm³/mol. The molecule has 0 N–H and O–H groups in total. The van der Waals surface area contributed by atoms with Crippen molar-refractivity contribution in [3.63, 3.8) is 0 Å².